The lowest BCUT2D eigenvalue weighted by atomic mass is 9.64. The number of H-pyrrole nitrogens is 3. The number of nitrogens with zero attached hydrogens (tertiary/aromatic N) is 5. The van der Waals surface area contributed by atoms with Gasteiger partial charge >= 0.3 is 30.0 Å². The van der Waals surface area contributed by atoms with Gasteiger partial charge in [-0.3, -0.25) is 39.4 Å². The second kappa shape index (κ2) is 27.3. The number of methoxy groups -OCH3 is 3. The molecule has 8 bridgehead atoms. The number of carboxylic acid groups (broad SMARTS) is 1. The second-order valence-corrected chi connectivity index (χ2v) is 23.4. The van der Waals surface area contributed by atoms with Gasteiger partial charge in [0.25, 0.3) is 11.5 Å². The molecule has 89 heavy (non-hydrogen) atoms. The maximum absolute atomic E-state index is 14.0. The van der Waals surface area contributed by atoms with Gasteiger partial charge in [-0.05, 0) is 122 Å². The molecule has 3 atom stereocenters. The van der Waals surface area contributed by atoms with Crippen molar-refractivity contribution in [1.29, 1.82) is 0 Å². The number of fused-ring (bicyclic) bond motifs is 12. The lowest BCUT2D eigenvalue weighted by Gasteiger charge is -2.36. The van der Waals surface area contributed by atoms with Crippen molar-refractivity contribution in [3.05, 3.63) is 146 Å². The van der Waals surface area contributed by atoms with Crippen molar-refractivity contribution in [2.75, 3.05) is 50.5 Å². The van der Waals surface area contributed by atoms with Crippen molar-refractivity contribution in [3.63, 3.8) is 0 Å². The number of nitrogen functional groups attached to an aromatic ring is 1. The van der Waals surface area contributed by atoms with Gasteiger partial charge in [-0.25, -0.2) is 34.8 Å². The molecule has 462 valence electrons. The highest BCUT2D eigenvalue weighted by Crippen LogP contribution is 2.53. The molecule has 0 radical (unpaired) electrons. The van der Waals surface area contributed by atoms with Crippen LogP contribution in [0.25, 0.3) is 56.0 Å². The number of nitrogens with two attached hydrogens (primary N) is 1. The number of aromatic amines is 3. The van der Waals surface area contributed by atoms with Gasteiger partial charge in [-0.1, -0.05) is 46.4 Å². The van der Waals surface area contributed by atoms with Crippen molar-refractivity contribution < 1.29 is 57.6 Å². The van der Waals surface area contributed by atoms with E-state index in [1.165, 1.54) is 50.5 Å². The standard InChI is InChI=1S/C61H63N13O13S2/c1-9-35-29(2)41-23-46-39-17-14-38(57(81)85-7)51(58(82)86-8)61(39,5)48(69-46)25-42-31(4)36(44(68-42)24-45-37(16-19-50(76)84-6)30(3)40(67-45)22-43(35)66-41)15-18-49(75)73-74-60(83)87-20-21-88-89-28-47(56(79)80)70-54(77)32-10-12-33(13-11-32)63-26-34-27-64-53-52(65-34)55(78)72-59(62)71-53/h9-14,17,22-25,27,47,51,63,66-67H,1,15-16,18-21,26,28H2,2-8H3,(H,70,77)(H,73,75)(H,74,83)(H,79,80)(H3,62,64,71,72,78)/t47?,51-,61+/m0/s1. The van der Waals surface area contributed by atoms with E-state index in [1.54, 1.807) is 36.4 Å². The topological polar surface area (TPSA) is 380 Å². The predicted octanol–water partition coefficient (Wildman–Crippen LogP) is 6.88. The van der Waals surface area contributed by atoms with E-state index in [1.807, 2.05) is 45.9 Å². The van der Waals surface area contributed by atoms with E-state index in [0.717, 1.165) is 44.1 Å². The monoisotopic (exact) mass is 1250 g/mol. The molecule has 7 heterocycles. The second-order valence-electron chi connectivity index (χ2n) is 20.8. The third-order valence-corrected chi connectivity index (χ3v) is 17.8. The number of allylic oxidation sites excluding steroid dienone is 5. The molecule has 0 spiro atoms. The van der Waals surface area contributed by atoms with Crippen LogP contribution in [0.5, 0.6) is 0 Å². The lowest BCUT2D eigenvalue weighted by molar-refractivity contribution is -0.149. The summed E-state index contributed by atoms with van der Waals surface area (Å²) in [6.45, 7) is 11.8. The first-order valence-corrected chi connectivity index (χ1v) is 30.2. The van der Waals surface area contributed by atoms with Crippen molar-refractivity contribution in [1.82, 2.24) is 56.0 Å². The number of carboxylic acids is 1. The number of aromatic nitrogens is 8. The number of nitrogens with one attached hydrogen (secondary N) is 7. The van der Waals surface area contributed by atoms with Crippen LogP contribution in [-0.4, -0.2) is 132 Å². The van der Waals surface area contributed by atoms with E-state index in [-0.39, 0.29) is 72.2 Å². The highest BCUT2D eigenvalue weighted by atomic mass is 33.1. The van der Waals surface area contributed by atoms with Gasteiger partial charge in [0.1, 0.15) is 18.6 Å². The minimum atomic E-state index is -1.29. The summed E-state index contributed by atoms with van der Waals surface area (Å²) in [6.07, 6.45) is 5.94. The van der Waals surface area contributed by atoms with Crippen molar-refractivity contribution in [3.8, 4) is 0 Å². The van der Waals surface area contributed by atoms with E-state index in [2.05, 4.69) is 58.0 Å². The summed E-state index contributed by atoms with van der Waals surface area (Å²) >= 11 is 0. The molecule has 0 saturated heterocycles. The number of aryl methyl sites for hydroxylation is 3. The zero-order valence-electron chi connectivity index (χ0n) is 49.4. The number of amides is 3. The average molecular weight is 1250 g/mol. The molecule has 3 amide bonds. The average Bonchev–Trinajstić information content (AvgIpc) is 1.63. The molecule has 9 rings (SSSR count). The summed E-state index contributed by atoms with van der Waals surface area (Å²) in [6, 6.07) is 12.5. The number of aliphatic carboxylic acids is 1. The Morgan fingerprint density at radius 1 is 0.820 bits per heavy atom. The molecule has 10 N–H and O–H groups in total. The lowest BCUT2D eigenvalue weighted by Crippen LogP contribution is -2.42. The van der Waals surface area contributed by atoms with Crippen LogP contribution in [0.15, 0.2) is 83.8 Å². The molecule has 3 aliphatic rings. The number of hydrazine groups is 1. The zero-order valence-corrected chi connectivity index (χ0v) is 51.1. The van der Waals surface area contributed by atoms with Crippen molar-refractivity contribution >= 4 is 131 Å². The number of esters is 3. The van der Waals surface area contributed by atoms with E-state index < -0.39 is 64.7 Å². The Bertz CT molecular complexity index is 4230. The summed E-state index contributed by atoms with van der Waals surface area (Å²) in [7, 11) is 6.16. The largest absolute Gasteiger partial charge is 0.480 e. The summed E-state index contributed by atoms with van der Waals surface area (Å²) in [5.74, 6) is -5.30. The number of carbonyl (C=O) groups excluding carboxylic acids is 6. The van der Waals surface area contributed by atoms with Crippen LogP contribution in [0, 0.1) is 19.8 Å². The number of ether oxygens (including phenoxy) is 4. The first-order valence-electron chi connectivity index (χ1n) is 27.7. The highest BCUT2D eigenvalue weighted by Gasteiger charge is 2.54. The minimum Gasteiger partial charge on any atom is -0.480 e. The van der Waals surface area contributed by atoms with Gasteiger partial charge in [0.2, 0.25) is 11.9 Å². The number of carbonyl (C=O) groups is 7. The smallest absolute Gasteiger partial charge is 0.426 e. The molecule has 28 heteroatoms. The molecule has 1 aromatic carbocycles. The van der Waals surface area contributed by atoms with E-state index in [0.29, 0.717) is 68.3 Å². The summed E-state index contributed by atoms with van der Waals surface area (Å²) in [5, 5.41) is 15.5. The maximum atomic E-state index is 14.0. The summed E-state index contributed by atoms with van der Waals surface area (Å²) in [4.78, 5) is 136. The van der Waals surface area contributed by atoms with E-state index in [4.69, 9.17) is 34.6 Å². The third kappa shape index (κ3) is 13.7. The first-order chi connectivity index (χ1) is 42.6. The molecule has 26 nitrogen and oxygen atoms in total. The van der Waals surface area contributed by atoms with E-state index >= 15 is 0 Å². The number of hydrogen-bond acceptors (Lipinski definition) is 21. The van der Waals surface area contributed by atoms with Gasteiger partial charge in [-0.15, -0.1) is 0 Å². The molecular formula is C61H63N13O13S2. The van der Waals surface area contributed by atoms with Crippen molar-refractivity contribution in [2.45, 2.75) is 71.4 Å². The van der Waals surface area contributed by atoms with Crippen molar-refractivity contribution in [2.24, 2.45) is 5.92 Å². The van der Waals surface area contributed by atoms with Gasteiger partial charge < -0.3 is 50.4 Å². The zero-order chi connectivity index (χ0) is 63.8. The molecule has 1 unspecified atom stereocenters. The molecule has 0 saturated carbocycles. The fourth-order valence-electron chi connectivity index (χ4n) is 10.7. The fraction of sp³-hybridized carbons (Fsp3) is 0.295. The normalized spacial score (nSPS) is 15.4. The molecule has 2 aliphatic heterocycles. The number of hydrogen-bond donors (Lipinski definition) is 9. The van der Waals surface area contributed by atoms with Crippen LogP contribution in [0.4, 0.5) is 16.4 Å². The maximum Gasteiger partial charge on any atom is 0.426 e. The van der Waals surface area contributed by atoms with Gasteiger partial charge in [0, 0.05) is 63.2 Å². The molecular weight excluding hydrogens is 1190 g/mol. The molecule has 5 aromatic heterocycles. The van der Waals surface area contributed by atoms with Crippen LogP contribution in [0.1, 0.15) is 94.2 Å². The van der Waals surface area contributed by atoms with Crippen LogP contribution < -0.4 is 32.8 Å². The third-order valence-electron chi connectivity index (χ3n) is 15.5. The number of rotatable bonds is 21. The molecule has 1 aliphatic carbocycles. The van der Waals surface area contributed by atoms with Crippen LogP contribution in [0.3, 0.4) is 0 Å². The summed E-state index contributed by atoms with van der Waals surface area (Å²) in [5.41, 5.74) is 19.9. The Balaban J connectivity index is 0.858. The Labute approximate surface area is 515 Å². The van der Waals surface area contributed by atoms with Crippen LogP contribution in [-0.2, 0) is 61.3 Å². The Kier molecular flexibility index (Phi) is 19.5. The first kappa shape index (κ1) is 63.4. The number of anilines is 2. The Morgan fingerprint density at radius 3 is 2.28 bits per heavy atom. The fourth-order valence-corrected chi connectivity index (χ4v) is 12.6. The SMILES string of the molecule is C=Cc1c(C)c2cc3nc(cc4nc(cc5[nH]c(cc1[nH]2)c(C)c5CCC(=O)OC)C(CCC(=O)NNC(=O)OCCSSCC(NC(=O)c1ccc(NCc2cnc5nc(N)[nH]c(=O)c5n2)cc1)C(=O)O)=C4C)[C@@]1(C)C3=CC=C(C(=O)OC)[C@H]1C(=O)OC. The minimum absolute atomic E-state index is 0.0229. The van der Waals surface area contributed by atoms with Crippen LogP contribution >= 0.6 is 21.6 Å². The summed E-state index contributed by atoms with van der Waals surface area (Å²) < 4.78 is 20.8. The van der Waals surface area contributed by atoms with E-state index in [9.17, 15) is 43.5 Å². The molecule has 0 fully saturated rings. The van der Waals surface area contributed by atoms with Crippen LogP contribution in [0.2, 0.25) is 0 Å². The van der Waals surface area contributed by atoms with Gasteiger partial charge in [0.15, 0.2) is 11.2 Å². The highest BCUT2D eigenvalue weighted by molar-refractivity contribution is 8.76. The Hall–Kier alpha value is -10.1. The molecule has 6 aromatic rings. The van der Waals surface area contributed by atoms with Gasteiger partial charge in [0.05, 0.1) is 73.5 Å². The van der Waals surface area contributed by atoms with Gasteiger partial charge in [-0.2, -0.15) is 4.98 Å². The quantitative estimate of drug-likeness (QED) is 0.0117. The Morgan fingerprint density at radius 2 is 1.56 bits per heavy atom. The number of benzene rings is 1. The predicted molar refractivity (Wildman–Crippen MR) is 336 cm³/mol.